The van der Waals surface area contributed by atoms with E-state index in [1.54, 1.807) is 16.4 Å². The van der Waals surface area contributed by atoms with Crippen LogP contribution in [0.4, 0.5) is 11.4 Å². The molecule has 2 unspecified atom stereocenters. The van der Waals surface area contributed by atoms with Gasteiger partial charge in [-0.15, -0.1) is 10.8 Å². The summed E-state index contributed by atoms with van der Waals surface area (Å²) in [5.41, 5.74) is 2.94. The van der Waals surface area contributed by atoms with Gasteiger partial charge in [-0.25, -0.2) is 0 Å². The van der Waals surface area contributed by atoms with Gasteiger partial charge in [0.25, 0.3) is 5.91 Å². The van der Waals surface area contributed by atoms with Crippen LogP contribution in [0.5, 0.6) is 0 Å². The van der Waals surface area contributed by atoms with E-state index in [0.29, 0.717) is 49.0 Å². The van der Waals surface area contributed by atoms with E-state index in [-0.39, 0.29) is 11.4 Å². The third-order valence-electron chi connectivity index (χ3n) is 8.29. The number of carbonyl (C=O) groups is 1. The number of aliphatic hydroxyl groups excluding tert-OH is 1. The van der Waals surface area contributed by atoms with Crippen molar-refractivity contribution in [2.24, 2.45) is 5.92 Å². The Kier molecular flexibility index (Phi) is 11.0. The third kappa shape index (κ3) is 9.09. The van der Waals surface area contributed by atoms with Gasteiger partial charge in [0, 0.05) is 36.4 Å². The fraction of sp³-hybridized carbons (Fsp3) is 0.594. The van der Waals surface area contributed by atoms with E-state index in [2.05, 4.69) is 29.8 Å². The maximum Gasteiger partial charge on any atom is 0.251 e. The predicted octanol–water partition coefficient (Wildman–Crippen LogP) is 6.03. The predicted molar refractivity (Wildman–Crippen MR) is 171 cm³/mol. The highest BCUT2D eigenvalue weighted by atomic mass is 32.3. The van der Waals surface area contributed by atoms with Crippen molar-refractivity contribution in [1.82, 2.24) is 10.6 Å². The minimum Gasteiger partial charge on any atom is -0.390 e. The van der Waals surface area contributed by atoms with E-state index in [0.717, 1.165) is 43.4 Å². The Morgan fingerprint density at radius 3 is 2.51 bits per heavy atom. The molecule has 1 heterocycles. The Morgan fingerprint density at radius 2 is 1.85 bits per heavy atom. The molecule has 8 nitrogen and oxygen atoms in total. The molecule has 0 bridgehead atoms. The molecule has 0 spiro atoms. The van der Waals surface area contributed by atoms with Gasteiger partial charge in [-0.05, 0) is 75.1 Å². The Labute approximate surface area is 247 Å². The van der Waals surface area contributed by atoms with E-state index in [1.165, 1.54) is 12.8 Å². The molecule has 9 heteroatoms. The standard InChI is InChI=1S/C32H50N4O4S/c1-4-33-27-20-26(21-28(22-27)36-17-8-9-18-41(36,39)40)31(38)35-29(19-25-12-6-5-7-13-25)30(37)23-34-32(15-16-32)14-10-11-24(2)3/h5-7,12-13,20-22,24,29-30,33-34,37,39-40H,4,8-11,14-19,23H2,1-3H3,(H,35,38). The van der Waals surface area contributed by atoms with Gasteiger partial charge in [-0.2, -0.15) is 0 Å². The Balaban J connectivity index is 1.50. The Bertz CT molecular complexity index is 1130. The highest BCUT2D eigenvalue weighted by molar-refractivity contribution is 8.25. The summed E-state index contributed by atoms with van der Waals surface area (Å²) in [5, 5.41) is 21.4. The van der Waals surface area contributed by atoms with Crippen molar-refractivity contribution in [3.8, 4) is 0 Å². The van der Waals surface area contributed by atoms with Crippen LogP contribution in [-0.2, 0) is 6.42 Å². The van der Waals surface area contributed by atoms with Gasteiger partial charge >= 0.3 is 0 Å². The molecule has 2 aromatic carbocycles. The average Bonchev–Trinajstić information content (AvgIpc) is 3.71. The van der Waals surface area contributed by atoms with Gasteiger partial charge < -0.3 is 21.1 Å². The molecule has 0 aromatic heterocycles. The highest BCUT2D eigenvalue weighted by Gasteiger charge is 2.42. The molecular weight excluding hydrogens is 536 g/mol. The Hall–Kier alpha value is -2.30. The second kappa shape index (κ2) is 14.2. The Morgan fingerprint density at radius 1 is 1.10 bits per heavy atom. The number of hydrogen-bond donors (Lipinski definition) is 6. The molecule has 2 aromatic rings. The smallest absolute Gasteiger partial charge is 0.251 e. The third-order valence-corrected chi connectivity index (χ3v) is 10.2. The van der Waals surface area contributed by atoms with Crippen LogP contribution in [0, 0.1) is 5.92 Å². The molecule has 2 aliphatic rings. The molecule has 4 rings (SSSR count). The number of aliphatic hydroxyl groups is 1. The normalized spacial score (nSPS) is 19.8. The first-order valence-electron chi connectivity index (χ1n) is 15.3. The van der Waals surface area contributed by atoms with Crippen molar-refractivity contribution in [3.05, 3.63) is 59.7 Å². The van der Waals surface area contributed by atoms with Gasteiger partial charge in [0.15, 0.2) is 0 Å². The minimum atomic E-state index is -2.93. The summed E-state index contributed by atoms with van der Waals surface area (Å²) in [6.07, 6.45) is 7.12. The SMILES string of the molecule is CCNc1cc(C(=O)NC(Cc2ccccc2)C(O)CNC2(CCCC(C)C)CC2)cc(N2CCCCS2(O)O)c1. The highest BCUT2D eigenvalue weighted by Crippen LogP contribution is 2.50. The summed E-state index contributed by atoms with van der Waals surface area (Å²) in [7, 11) is -2.93. The van der Waals surface area contributed by atoms with Crippen molar-refractivity contribution < 1.29 is 19.0 Å². The largest absolute Gasteiger partial charge is 0.390 e. The molecule has 6 N–H and O–H groups in total. The molecule has 1 aliphatic carbocycles. The first-order valence-corrected chi connectivity index (χ1v) is 17.0. The van der Waals surface area contributed by atoms with Crippen molar-refractivity contribution in [1.29, 1.82) is 0 Å². The number of hydrogen-bond acceptors (Lipinski definition) is 7. The van der Waals surface area contributed by atoms with Crippen LogP contribution in [-0.4, -0.2) is 63.2 Å². The molecule has 41 heavy (non-hydrogen) atoms. The van der Waals surface area contributed by atoms with Gasteiger partial charge in [-0.1, -0.05) is 57.0 Å². The van der Waals surface area contributed by atoms with Crippen molar-refractivity contribution in [3.63, 3.8) is 0 Å². The average molecular weight is 587 g/mol. The topological polar surface area (TPSA) is 117 Å². The van der Waals surface area contributed by atoms with Crippen LogP contribution in [0.1, 0.15) is 81.6 Å². The summed E-state index contributed by atoms with van der Waals surface area (Å²) in [5.74, 6) is 0.727. The van der Waals surface area contributed by atoms with Crippen LogP contribution < -0.4 is 20.3 Å². The molecule has 1 saturated carbocycles. The summed E-state index contributed by atoms with van der Waals surface area (Å²) in [6, 6.07) is 14.8. The lowest BCUT2D eigenvalue weighted by Crippen LogP contribution is -2.50. The second-order valence-electron chi connectivity index (χ2n) is 12.2. The number of anilines is 2. The molecule has 2 atom stereocenters. The van der Waals surface area contributed by atoms with Crippen LogP contribution in [0.3, 0.4) is 0 Å². The second-order valence-corrected chi connectivity index (χ2v) is 14.3. The summed E-state index contributed by atoms with van der Waals surface area (Å²) < 4.78 is 23.1. The lowest BCUT2D eigenvalue weighted by Gasteiger charge is -2.47. The van der Waals surface area contributed by atoms with Gasteiger partial charge in [0.2, 0.25) is 0 Å². The number of nitrogens with zero attached hydrogens (tertiary/aromatic N) is 1. The number of β-amino-alcohol motifs (C(OH)–C–C–N with tert-alkyl or cyclic N) is 1. The molecular formula is C32H50N4O4S. The molecule has 1 saturated heterocycles. The number of nitrogens with one attached hydrogen (secondary N) is 3. The fourth-order valence-electron chi connectivity index (χ4n) is 5.68. The first-order chi connectivity index (χ1) is 19.6. The van der Waals surface area contributed by atoms with E-state index in [4.69, 9.17) is 0 Å². The number of carbonyl (C=O) groups excluding carboxylic acids is 1. The van der Waals surface area contributed by atoms with E-state index < -0.39 is 22.9 Å². The maximum atomic E-state index is 13.7. The zero-order chi connectivity index (χ0) is 29.5. The molecule has 1 aliphatic heterocycles. The van der Waals surface area contributed by atoms with Crippen LogP contribution in [0.25, 0.3) is 0 Å². The first kappa shape index (κ1) is 31.6. The van der Waals surface area contributed by atoms with Crippen LogP contribution >= 0.6 is 10.8 Å². The molecule has 228 valence electrons. The van der Waals surface area contributed by atoms with Gasteiger partial charge in [0.05, 0.1) is 23.6 Å². The zero-order valence-corrected chi connectivity index (χ0v) is 25.8. The quantitative estimate of drug-likeness (QED) is 0.151. The van der Waals surface area contributed by atoms with Crippen molar-refractivity contribution >= 4 is 28.1 Å². The van der Waals surface area contributed by atoms with Crippen LogP contribution in [0.2, 0.25) is 0 Å². The van der Waals surface area contributed by atoms with E-state index in [1.807, 2.05) is 43.3 Å². The minimum absolute atomic E-state index is 0.115. The van der Waals surface area contributed by atoms with Gasteiger partial charge in [-0.3, -0.25) is 18.2 Å². The summed E-state index contributed by atoms with van der Waals surface area (Å²) in [4.78, 5) is 13.7. The zero-order valence-electron chi connectivity index (χ0n) is 24.9. The fourth-order valence-corrected chi connectivity index (χ4v) is 7.36. The monoisotopic (exact) mass is 586 g/mol. The number of amides is 1. The van der Waals surface area contributed by atoms with Crippen LogP contribution in [0.15, 0.2) is 48.5 Å². The molecule has 0 radical (unpaired) electrons. The van der Waals surface area contributed by atoms with Crippen molar-refractivity contribution in [2.45, 2.75) is 89.8 Å². The van der Waals surface area contributed by atoms with E-state index in [9.17, 15) is 19.0 Å². The lowest BCUT2D eigenvalue weighted by atomic mass is 9.99. The summed E-state index contributed by atoms with van der Waals surface area (Å²) in [6.45, 7) is 8.09. The van der Waals surface area contributed by atoms with E-state index >= 15 is 0 Å². The maximum absolute atomic E-state index is 13.7. The van der Waals surface area contributed by atoms with Gasteiger partial charge in [0.1, 0.15) is 0 Å². The number of rotatable bonds is 15. The lowest BCUT2D eigenvalue weighted by molar-refractivity contribution is 0.0821. The number of benzene rings is 2. The molecule has 2 fully saturated rings. The van der Waals surface area contributed by atoms with Crippen molar-refractivity contribution in [2.75, 3.05) is 35.0 Å². The summed E-state index contributed by atoms with van der Waals surface area (Å²) >= 11 is 0. The molecule has 1 amide bonds.